The Hall–Kier alpha value is -1.41. The minimum atomic E-state index is -0.335. The Balaban J connectivity index is 0.00000240. The van der Waals surface area contributed by atoms with Crippen LogP contribution in [0.2, 0.25) is 0 Å². The van der Waals surface area contributed by atoms with Crippen LogP contribution in [0.25, 0.3) is 0 Å². The zero-order valence-corrected chi connectivity index (χ0v) is 22.6. The van der Waals surface area contributed by atoms with E-state index >= 15 is 0 Å². The number of aryl methyl sites for hydroxylation is 4. The second-order valence-corrected chi connectivity index (χ2v) is 8.04. The molecule has 4 rings (SSSR count). The van der Waals surface area contributed by atoms with Crippen molar-refractivity contribution in [2.24, 2.45) is 0 Å². The Morgan fingerprint density at radius 2 is 0.906 bits per heavy atom. The van der Waals surface area contributed by atoms with E-state index in [1.54, 1.807) is 0 Å². The molecule has 0 spiro atoms. The van der Waals surface area contributed by atoms with Crippen molar-refractivity contribution in [3.05, 3.63) is 136 Å². The maximum Gasteiger partial charge on any atom is 4.00 e. The first-order valence-electron chi connectivity index (χ1n) is 9.95. The molecule has 4 aromatic rings. The summed E-state index contributed by atoms with van der Waals surface area (Å²) in [4.78, 5) is 0. The monoisotopic (exact) mass is 516 g/mol. The summed E-state index contributed by atoms with van der Waals surface area (Å²) in [6.45, 7) is 8.71. The summed E-state index contributed by atoms with van der Waals surface area (Å²) in [5.74, 6) is 0. The molecule has 0 saturated heterocycles. The van der Waals surface area contributed by atoms with Crippen LogP contribution < -0.4 is 37.2 Å². The Morgan fingerprint density at radius 1 is 0.531 bits per heavy atom. The SMILES string of the molecule is Cc1cccc(C(c2cccc(C)c2)(c2cccc(C)c2)[c-]2ccc(C)c2)c1.[Cl-].[Cl-].[Cl-].[Ti+4]. The molecule has 0 aromatic heterocycles. The average Bonchev–Trinajstić information content (AvgIpc) is 3.09. The first kappa shape index (κ1) is 30.6. The molecule has 0 N–H and O–H groups in total. The second-order valence-electron chi connectivity index (χ2n) is 8.04. The zero-order valence-electron chi connectivity index (χ0n) is 18.8. The molecular formula is C28H27Cl3Ti. The van der Waals surface area contributed by atoms with Gasteiger partial charge in [-0.3, -0.25) is 0 Å². The second kappa shape index (κ2) is 12.7. The van der Waals surface area contributed by atoms with Crippen molar-refractivity contribution in [3.8, 4) is 0 Å². The quantitative estimate of drug-likeness (QED) is 0.168. The van der Waals surface area contributed by atoms with Crippen molar-refractivity contribution < 1.29 is 58.9 Å². The van der Waals surface area contributed by atoms with Crippen molar-refractivity contribution >= 4 is 0 Å². The maximum absolute atomic E-state index is 2.34. The molecule has 0 saturated carbocycles. The van der Waals surface area contributed by atoms with E-state index in [4.69, 9.17) is 0 Å². The van der Waals surface area contributed by atoms with Crippen molar-refractivity contribution in [1.82, 2.24) is 0 Å². The normalized spacial score (nSPS) is 10.1. The Kier molecular flexibility index (Phi) is 12.2. The zero-order chi connectivity index (χ0) is 19.7. The third kappa shape index (κ3) is 5.74. The predicted molar refractivity (Wildman–Crippen MR) is 119 cm³/mol. The number of benzene rings is 3. The molecule has 32 heavy (non-hydrogen) atoms. The molecule has 164 valence electrons. The van der Waals surface area contributed by atoms with Crippen molar-refractivity contribution in [2.75, 3.05) is 0 Å². The Bertz CT molecular complexity index is 1020. The summed E-state index contributed by atoms with van der Waals surface area (Å²) in [7, 11) is 0. The first-order chi connectivity index (χ1) is 13.5. The fraction of sp³-hybridized carbons (Fsp3) is 0.179. The topological polar surface area (TPSA) is 0 Å². The number of halogens is 3. The van der Waals surface area contributed by atoms with E-state index in [-0.39, 0.29) is 64.4 Å². The van der Waals surface area contributed by atoms with E-state index in [2.05, 4.69) is 119 Å². The van der Waals surface area contributed by atoms with Gasteiger partial charge in [-0.05, 0) is 37.5 Å². The van der Waals surface area contributed by atoms with Gasteiger partial charge in [-0.2, -0.15) is 12.1 Å². The van der Waals surface area contributed by atoms with Gasteiger partial charge in [0.1, 0.15) is 0 Å². The molecule has 4 aromatic carbocycles. The number of hydrogen-bond donors (Lipinski definition) is 0. The molecule has 0 radical (unpaired) electrons. The van der Waals surface area contributed by atoms with E-state index < -0.39 is 0 Å². The third-order valence-electron chi connectivity index (χ3n) is 5.70. The minimum Gasteiger partial charge on any atom is -1.00 e. The van der Waals surface area contributed by atoms with E-state index in [0.717, 1.165) is 0 Å². The van der Waals surface area contributed by atoms with Crippen LogP contribution >= 0.6 is 0 Å². The van der Waals surface area contributed by atoms with Crippen LogP contribution in [0.5, 0.6) is 0 Å². The van der Waals surface area contributed by atoms with Gasteiger partial charge < -0.3 is 37.2 Å². The van der Waals surface area contributed by atoms with Gasteiger partial charge in [0, 0.05) is 5.41 Å². The fourth-order valence-electron chi connectivity index (χ4n) is 4.43. The standard InChI is InChI=1S/C28H27.3ClH.Ti/c1-20-8-5-11-24(16-20)28(27-15-14-23(4)19-27,25-12-6-9-21(2)17-25)26-13-7-10-22(3)18-26;;;;/h5-19H,1-4H3;3*1H;/q-1;;;;+4/p-3. The Morgan fingerprint density at radius 3 is 1.19 bits per heavy atom. The van der Waals surface area contributed by atoms with Gasteiger partial charge >= 0.3 is 21.7 Å². The maximum atomic E-state index is 2.34. The van der Waals surface area contributed by atoms with Gasteiger partial charge in [-0.15, -0.1) is 5.56 Å². The van der Waals surface area contributed by atoms with Crippen LogP contribution in [0.1, 0.15) is 44.5 Å². The van der Waals surface area contributed by atoms with Gasteiger partial charge in [0.15, 0.2) is 0 Å². The van der Waals surface area contributed by atoms with Crippen LogP contribution in [-0.2, 0) is 27.1 Å². The molecule has 0 atom stereocenters. The molecule has 0 aliphatic rings. The van der Waals surface area contributed by atoms with Crippen LogP contribution in [0.3, 0.4) is 0 Å². The summed E-state index contributed by atoms with van der Waals surface area (Å²) in [5, 5.41) is 0. The van der Waals surface area contributed by atoms with Gasteiger partial charge in [0.25, 0.3) is 0 Å². The Labute approximate surface area is 226 Å². The first-order valence-corrected chi connectivity index (χ1v) is 9.95. The summed E-state index contributed by atoms with van der Waals surface area (Å²) in [6.07, 6.45) is 0. The fourth-order valence-corrected chi connectivity index (χ4v) is 4.43. The molecule has 4 heteroatoms. The van der Waals surface area contributed by atoms with E-state index in [1.807, 2.05) is 0 Å². The number of hydrogen-bond acceptors (Lipinski definition) is 0. The summed E-state index contributed by atoms with van der Waals surface area (Å²) in [6, 6.07) is 33.8. The van der Waals surface area contributed by atoms with Crippen LogP contribution in [0.15, 0.2) is 91.0 Å². The number of rotatable bonds is 4. The van der Waals surface area contributed by atoms with Crippen molar-refractivity contribution in [2.45, 2.75) is 33.1 Å². The smallest absolute Gasteiger partial charge is 1.00 e. The molecule has 0 aliphatic heterocycles. The largest absolute Gasteiger partial charge is 4.00 e. The molecular weight excluding hydrogens is 491 g/mol. The van der Waals surface area contributed by atoms with Gasteiger partial charge in [0.05, 0.1) is 0 Å². The molecule has 0 fully saturated rings. The summed E-state index contributed by atoms with van der Waals surface area (Å²) in [5.41, 5.74) is 10.1. The van der Waals surface area contributed by atoms with E-state index in [0.29, 0.717) is 0 Å². The molecule has 0 bridgehead atoms. The van der Waals surface area contributed by atoms with Crippen molar-refractivity contribution in [1.29, 1.82) is 0 Å². The molecule has 0 nitrogen and oxygen atoms in total. The predicted octanol–water partition coefficient (Wildman–Crippen LogP) is -1.97. The molecule has 0 unspecified atom stereocenters. The average molecular weight is 518 g/mol. The summed E-state index contributed by atoms with van der Waals surface area (Å²) < 4.78 is 0. The summed E-state index contributed by atoms with van der Waals surface area (Å²) >= 11 is 0. The molecule has 0 aliphatic carbocycles. The van der Waals surface area contributed by atoms with E-state index in [9.17, 15) is 0 Å². The van der Waals surface area contributed by atoms with Gasteiger partial charge in [0.2, 0.25) is 0 Å². The van der Waals surface area contributed by atoms with Gasteiger partial charge in [-0.25, -0.2) is 11.6 Å². The van der Waals surface area contributed by atoms with E-state index in [1.165, 1.54) is 44.5 Å². The van der Waals surface area contributed by atoms with Crippen molar-refractivity contribution in [3.63, 3.8) is 0 Å². The third-order valence-corrected chi connectivity index (χ3v) is 5.70. The molecule has 0 amide bonds. The minimum absolute atomic E-state index is 0. The molecule has 0 heterocycles. The van der Waals surface area contributed by atoms with Crippen LogP contribution in [0, 0.1) is 27.7 Å². The van der Waals surface area contributed by atoms with Crippen LogP contribution in [-0.4, -0.2) is 0 Å². The van der Waals surface area contributed by atoms with Crippen LogP contribution in [0.4, 0.5) is 0 Å². The van der Waals surface area contributed by atoms with Gasteiger partial charge in [-0.1, -0.05) is 96.4 Å².